The van der Waals surface area contributed by atoms with Gasteiger partial charge in [0, 0.05) is 44.5 Å². The maximum absolute atomic E-state index is 12.1. The first-order valence-corrected chi connectivity index (χ1v) is 7.00. The number of carbonyl (C=O) groups is 1. The van der Waals surface area contributed by atoms with Crippen molar-refractivity contribution < 1.29 is 9.53 Å². The highest BCUT2D eigenvalue weighted by Crippen LogP contribution is 2.18. The Morgan fingerprint density at radius 1 is 1.24 bits per heavy atom. The molecule has 7 heteroatoms. The van der Waals surface area contributed by atoms with E-state index in [2.05, 4.69) is 15.3 Å². The van der Waals surface area contributed by atoms with E-state index in [1.807, 2.05) is 17.0 Å². The van der Waals surface area contributed by atoms with Crippen LogP contribution < -0.4 is 4.74 Å². The molecule has 0 aromatic carbocycles. The zero-order chi connectivity index (χ0) is 14.5. The van der Waals surface area contributed by atoms with Gasteiger partial charge in [0.2, 0.25) is 5.91 Å². The number of hydrogen-bond donors (Lipinski definition) is 0. The maximum atomic E-state index is 12.1. The van der Waals surface area contributed by atoms with E-state index < -0.39 is 0 Å². The number of ether oxygens (including phenoxy) is 1. The molecule has 0 bridgehead atoms. The van der Waals surface area contributed by atoms with Gasteiger partial charge in [0.25, 0.3) is 0 Å². The van der Waals surface area contributed by atoms with Gasteiger partial charge in [0.05, 0.1) is 6.20 Å². The smallest absolute Gasteiger partial charge is 0.244 e. The number of piperidine rings is 1. The highest BCUT2D eigenvalue weighted by atomic mass is 16.5. The number of pyridine rings is 1. The first-order valence-electron chi connectivity index (χ1n) is 7.00. The van der Waals surface area contributed by atoms with E-state index in [-0.39, 0.29) is 18.6 Å². The summed E-state index contributed by atoms with van der Waals surface area (Å²) in [5.41, 5.74) is 0. The molecular weight excluding hydrogens is 270 g/mol. The predicted octanol–water partition coefficient (Wildman–Crippen LogP) is 0.743. The van der Waals surface area contributed by atoms with Gasteiger partial charge in [0.1, 0.15) is 18.4 Å². The molecule has 3 heterocycles. The number of likely N-dealkylation sites (tertiary alicyclic amines) is 1. The van der Waals surface area contributed by atoms with Crippen molar-refractivity contribution in [1.29, 1.82) is 0 Å². The molecule has 0 unspecified atom stereocenters. The van der Waals surface area contributed by atoms with Crippen LogP contribution in [0.5, 0.6) is 5.75 Å². The van der Waals surface area contributed by atoms with E-state index >= 15 is 0 Å². The van der Waals surface area contributed by atoms with Crippen molar-refractivity contribution in [3.63, 3.8) is 0 Å². The Balaban J connectivity index is 1.47. The molecule has 7 nitrogen and oxygen atoms in total. The SMILES string of the molecule is O=C(Cn1ccnn1)N1CCC(Oc2ccncc2)CC1. The lowest BCUT2D eigenvalue weighted by Crippen LogP contribution is -2.43. The molecule has 21 heavy (non-hydrogen) atoms. The van der Waals surface area contributed by atoms with Gasteiger partial charge < -0.3 is 9.64 Å². The van der Waals surface area contributed by atoms with Crippen molar-refractivity contribution in [3.05, 3.63) is 36.9 Å². The van der Waals surface area contributed by atoms with Crippen molar-refractivity contribution in [2.75, 3.05) is 13.1 Å². The lowest BCUT2D eigenvalue weighted by atomic mass is 10.1. The van der Waals surface area contributed by atoms with Crippen molar-refractivity contribution in [1.82, 2.24) is 24.9 Å². The van der Waals surface area contributed by atoms with Crippen LogP contribution >= 0.6 is 0 Å². The second-order valence-electron chi connectivity index (χ2n) is 4.98. The fraction of sp³-hybridized carbons (Fsp3) is 0.429. The first kappa shape index (κ1) is 13.5. The Labute approximate surface area is 122 Å². The molecule has 1 aliphatic heterocycles. The molecule has 3 rings (SSSR count). The number of carbonyl (C=O) groups excluding carboxylic acids is 1. The summed E-state index contributed by atoms with van der Waals surface area (Å²) in [5, 5.41) is 7.51. The van der Waals surface area contributed by atoms with Crippen LogP contribution in [0.3, 0.4) is 0 Å². The predicted molar refractivity (Wildman–Crippen MR) is 74.5 cm³/mol. The molecule has 2 aromatic rings. The Bertz CT molecular complexity index is 564. The van der Waals surface area contributed by atoms with Crippen LogP contribution in [0.15, 0.2) is 36.9 Å². The minimum atomic E-state index is 0.0721. The van der Waals surface area contributed by atoms with Crippen LogP contribution in [0.25, 0.3) is 0 Å². The second-order valence-corrected chi connectivity index (χ2v) is 4.98. The third kappa shape index (κ3) is 3.56. The molecule has 0 N–H and O–H groups in total. The summed E-state index contributed by atoms with van der Waals surface area (Å²) in [6.45, 7) is 1.67. The fourth-order valence-corrected chi connectivity index (χ4v) is 2.39. The molecule has 0 spiro atoms. The Kier molecular flexibility index (Phi) is 4.09. The summed E-state index contributed by atoms with van der Waals surface area (Å²) in [5.74, 6) is 0.903. The summed E-state index contributed by atoms with van der Waals surface area (Å²) < 4.78 is 7.43. The first-order chi connectivity index (χ1) is 10.3. The minimum absolute atomic E-state index is 0.0721. The summed E-state index contributed by atoms with van der Waals surface area (Å²) in [7, 11) is 0. The summed E-state index contributed by atoms with van der Waals surface area (Å²) in [6.07, 6.45) is 8.52. The third-order valence-electron chi connectivity index (χ3n) is 3.52. The highest BCUT2D eigenvalue weighted by molar-refractivity contribution is 5.75. The molecule has 1 saturated heterocycles. The lowest BCUT2D eigenvalue weighted by molar-refractivity contribution is -0.133. The molecule has 0 aliphatic carbocycles. The molecule has 110 valence electrons. The van der Waals surface area contributed by atoms with Gasteiger partial charge in [-0.25, -0.2) is 4.68 Å². The van der Waals surface area contributed by atoms with E-state index in [1.54, 1.807) is 29.5 Å². The van der Waals surface area contributed by atoms with Gasteiger partial charge in [-0.3, -0.25) is 9.78 Å². The summed E-state index contributed by atoms with van der Waals surface area (Å²) >= 11 is 0. The number of hydrogen-bond acceptors (Lipinski definition) is 5. The molecular formula is C14H17N5O2. The van der Waals surface area contributed by atoms with Gasteiger partial charge in [-0.2, -0.15) is 0 Å². The zero-order valence-electron chi connectivity index (χ0n) is 11.6. The van der Waals surface area contributed by atoms with Crippen LogP contribution in [-0.2, 0) is 11.3 Å². The van der Waals surface area contributed by atoms with Crippen molar-refractivity contribution in [2.45, 2.75) is 25.5 Å². The molecule has 0 atom stereocenters. The average molecular weight is 287 g/mol. The largest absolute Gasteiger partial charge is 0.490 e. The van der Waals surface area contributed by atoms with E-state index in [0.717, 1.165) is 18.6 Å². The molecule has 1 amide bonds. The monoisotopic (exact) mass is 287 g/mol. The number of aromatic nitrogens is 4. The van der Waals surface area contributed by atoms with Crippen LogP contribution in [0, 0.1) is 0 Å². The van der Waals surface area contributed by atoms with Crippen LogP contribution in [-0.4, -0.2) is 50.0 Å². The number of nitrogens with zero attached hydrogens (tertiary/aromatic N) is 5. The average Bonchev–Trinajstić information content (AvgIpc) is 3.02. The van der Waals surface area contributed by atoms with Crippen LogP contribution in [0.1, 0.15) is 12.8 Å². The Hall–Kier alpha value is -2.44. The fourth-order valence-electron chi connectivity index (χ4n) is 2.39. The summed E-state index contributed by atoms with van der Waals surface area (Å²) in [6, 6.07) is 3.70. The van der Waals surface area contributed by atoms with Gasteiger partial charge >= 0.3 is 0 Å². The second kappa shape index (κ2) is 6.34. The van der Waals surface area contributed by atoms with Crippen LogP contribution in [0.2, 0.25) is 0 Å². The minimum Gasteiger partial charge on any atom is -0.490 e. The van der Waals surface area contributed by atoms with Crippen LogP contribution in [0.4, 0.5) is 0 Å². The maximum Gasteiger partial charge on any atom is 0.244 e. The van der Waals surface area contributed by atoms with Crippen molar-refractivity contribution in [2.24, 2.45) is 0 Å². The van der Waals surface area contributed by atoms with E-state index in [9.17, 15) is 4.79 Å². The van der Waals surface area contributed by atoms with Gasteiger partial charge in [-0.05, 0) is 12.1 Å². The van der Waals surface area contributed by atoms with Crippen molar-refractivity contribution in [3.8, 4) is 5.75 Å². The number of rotatable bonds is 4. The Morgan fingerprint density at radius 2 is 2.00 bits per heavy atom. The molecule has 2 aromatic heterocycles. The number of amides is 1. The highest BCUT2D eigenvalue weighted by Gasteiger charge is 2.24. The summed E-state index contributed by atoms with van der Waals surface area (Å²) in [4.78, 5) is 17.9. The van der Waals surface area contributed by atoms with Gasteiger partial charge in [-0.1, -0.05) is 5.21 Å². The normalized spacial score (nSPS) is 15.9. The zero-order valence-corrected chi connectivity index (χ0v) is 11.6. The third-order valence-corrected chi connectivity index (χ3v) is 3.52. The lowest BCUT2D eigenvalue weighted by Gasteiger charge is -2.32. The molecule has 0 radical (unpaired) electrons. The van der Waals surface area contributed by atoms with E-state index in [4.69, 9.17) is 4.74 Å². The topological polar surface area (TPSA) is 73.1 Å². The van der Waals surface area contributed by atoms with E-state index in [0.29, 0.717) is 13.1 Å². The molecule has 1 fully saturated rings. The quantitative estimate of drug-likeness (QED) is 0.829. The van der Waals surface area contributed by atoms with Crippen molar-refractivity contribution >= 4 is 5.91 Å². The Morgan fingerprint density at radius 3 is 2.67 bits per heavy atom. The molecule has 1 aliphatic rings. The van der Waals surface area contributed by atoms with E-state index in [1.165, 1.54) is 0 Å². The molecule has 0 saturated carbocycles. The standard InChI is InChI=1S/C14H17N5O2/c20-14(11-19-10-7-16-17-19)18-8-3-13(4-9-18)21-12-1-5-15-6-2-12/h1-2,5-7,10,13H,3-4,8-9,11H2. The van der Waals surface area contributed by atoms with Gasteiger partial charge in [0.15, 0.2) is 0 Å². The van der Waals surface area contributed by atoms with Gasteiger partial charge in [-0.15, -0.1) is 5.10 Å².